The highest BCUT2D eigenvalue weighted by Crippen LogP contribution is 2.27. The maximum Gasteiger partial charge on any atom is 0.407 e. The van der Waals surface area contributed by atoms with Gasteiger partial charge in [0, 0.05) is 19.2 Å². The number of imidazole rings is 1. The summed E-state index contributed by atoms with van der Waals surface area (Å²) in [5.74, 6) is -1.19. The van der Waals surface area contributed by atoms with Gasteiger partial charge in [-0.3, -0.25) is 9.20 Å². The number of benzene rings is 1. The maximum atomic E-state index is 14.0. The van der Waals surface area contributed by atoms with Crippen molar-refractivity contribution < 1.29 is 27.8 Å². The third-order valence-corrected chi connectivity index (χ3v) is 5.63. The van der Waals surface area contributed by atoms with Crippen LogP contribution in [0.25, 0.3) is 5.65 Å². The molecule has 0 atom stereocenters. The number of carbonyl (C=O) groups excluding carboxylic acids is 2. The Morgan fingerprint density at radius 2 is 1.72 bits per heavy atom. The van der Waals surface area contributed by atoms with Crippen LogP contribution in [-0.2, 0) is 11.3 Å². The van der Waals surface area contributed by atoms with Crippen LogP contribution >= 0.6 is 0 Å². The summed E-state index contributed by atoms with van der Waals surface area (Å²) < 4.78 is 40.6. The van der Waals surface area contributed by atoms with E-state index >= 15 is 0 Å². The van der Waals surface area contributed by atoms with Crippen molar-refractivity contribution in [2.75, 3.05) is 6.54 Å². The lowest BCUT2D eigenvalue weighted by Crippen LogP contribution is -2.38. The molecule has 0 aliphatic carbocycles. The zero-order valence-electron chi connectivity index (χ0n) is 21.6. The molecule has 0 saturated heterocycles. The number of carbonyl (C=O) groups is 2. The lowest BCUT2D eigenvalue weighted by Gasteiger charge is -2.26. The van der Waals surface area contributed by atoms with Gasteiger partial charge in [-0.2, -0.15) is 0 Å². The largest absolute Gasteiger partial charge is 0.485 e. The molecule has 0 fully saturated rings. The van der Waals surface area contributed by atoms with Gasteiger partial charge in [-0.25, -0.2) is 18.6 Å². The molecule has 2 heterocycles. The van der Waals surface area contributed by atoms with E-state index in [0.29, 0.717) is 35.8 Å². The Morgan fingerprint density at radius 3 is 2.36 bits per heavy atom. The fraction of sp³-hybridized carbons (Fsp3) is 0.444. The van der Waals surface area contributed by atoms with E-state index in [1.165, 1.54) is 18.2 Å². The number of pyridine rings is 1. The van der Waals surface area contributed by atoms with Gasteiger partial charge in [0.2, 0.25) is 0 Å². The second-order valence-corrected chi connectivity index (χ2v) is 10.5. The highest BCUT2D eigenvalue weighted by Gasteiger charge is 2.25. The van der Waals surface area contributed by atoms with Crippen LogP contribution in [0.2, 0.25) is 0 Å². The number of hydrogen-bond acceptors (Lipinski definition) is 5. The smallest absolute Gasteiger partial charge is 0.407 e. The third-order valence-electron chi connectivity index (χ3n) is 5.63. The van der Waals surface area contributed by atoms with E-state index < -0.39 is 23.3 Å². The Hall–Kier alpha value is -3.49. The van der Waals surface area contributed by atoms with E-state index in [2.05, 4.69) is 10.3 Å². The zero-order chi connectivity index (χ0) is 26.7. The number of ketones is 1. The number of aryl methyl sites for hydroxylation is 1. The molecule has 2 aromatic heterocycles. The summed E-state index contributed by atoms with van der Waals surface area (Å²) in [6, 6.07) is 6.96. The molecular weight excluding hydrogens is 468 g/mol. The Bertz CT molecular complexity index is 1240. The quantitative estimate of drug-likeness (QED) is 0.363. The minimum atomic E-state index is -0.693. The van der Waals surface area contributed by atoms with Gasteiger partial charge in [-0.05, 0) is 63.8 Å². The predicted molar refractivity (Wildman–Crippen MR) is 132 cm³/mol. The van der Waals surface area contributed by atoms with Crippen LogP contribution in [0.4, 0.5) is 13.6 Å². The monoisotopic (exact) mass is 501 g/mol. The van der Waals surface area contributed by atoms with Crippen molar-refractivity contribution in [2.45, 2.75) is 66.6 Å². The number of amides is 1. The second-order valence-electron chi connectivity index (χ2n) is 10.5. The molecule has 3 rings (SSSR count). The molecule has 7 nitrogen and oxygen atoms in total. The van der Waals surface area contributed by atoms with Gasteiger partial charge in [0.15, 0.2) is 17.2 Å². The normalized spacial score (nSPS) is 12.0. The van der Waals surface area contributed by atoms with Crippen molar-refractivity contribution in [2.24, 2.45) is 5.41 Å². The first-order valence-corrected chi connectivity index (χ1v) is 11.8. The minimum Gasteiger partial charge on any atom is -0.485 e. The van der Waals surface area contributed by atoms with Crippen molar-refractivity contribution in [3.63, 3.8) is 0 Å². The van der Waals surface area contributed by atoms with E-state index in [0.717, 1.165) is 0 Å². The summed E-state index contributed by atoms with van der Waals surface area (Å²) >= 11 is 0. The number of nitrogens with one attached hydrogen (secondary N) is 1. The summed E-state index contributed by atoms with van der Waals surface area (Å²) in [4.78, 5) is 29.6. The van der Waals surface area contributed by atoms with Crippen LogP contribution < -0.4 is 10.1 Å². The number of hydrogen-bond donors (Lipinski definition) is 1. The summed E-state index contributed by atoms with van der Waals surface area (Å²) in [7, 11) is 0. The Balaban J connectivity index is 1.69. The number of Topliss-reactive ketones (excluding diaryl/α,β-unsaturated/α-hetero) is 1. The van der Waals surface area contributed by atoms with Crippen molar-refractivity contribution in [3.05, 3.63) is 65.1 Å². The maximum absolute atomic E-state index is 14.0. The number of alkyl carbamates (subject to hydrolysis) is 1. The number of nitrogens with zero attached hydrogens (tertiary/aromatic N) is 2. The number of aromatic nitrogens is 2. The number of halogens is 2. The van der Waals surface area contributed by atoms with Crippen LogP contribution in [0.1, 0.15) is 69.2 Å². The van der Waals surface area contributed by atoms with Gasteiger partial charge < -0.3 is 14.8 Å². The summed E-state index contributed by atoms with van der Waals surface area (Å²) in [6.07, 6.45) is 1.97. The van der Waals surface area contributed by atoms with Gasteiger partial charge in [0.25, 0.3) is 0 Å². The molecular formula is C27H33F2N3O4. The standard InChI is InChI=1S/C27H33F2N3O4/c1-17-23(21(33)12-13-27(5,6)16-30-25(34)36-26(2,3)4)32-14-8-11-22(24(32)31-17)35-15-18-19(28)9-7-10-20(18)29/h7-11,14H,12-13,15-16H2,1-6H3,(H,30,34). The average Bonchev–Trinajstić information content (AvgIpc) is 3.11. The number of fused-ring (bicyclic) bond motifs is 1. The van der Waals surface area contributed by atoms with Crippen molar-refractivity contribution in [3.8, 4) is 5.75 Å². The molecule has 0 unspecified atom stereocenters. The molecule has 1 aromatic carbocycles. The number of rotatable bonds is 9. The first-order chi connectivity index (χ1) is 16.8. The molecule has 0 aliphatic rings. The van der Waals surface area contributed by atoms with E-state index in [4.69, 9.17) is 9.47 Å². The molecule has 0 aliphatic heterocycles. The molecule has 1 N–H and O–H groups in total. The van der Waals surface area contributed by atoms with Crippen molar-refractivity contribution >= 4 is 17.5 Å². The van der Waals surface area contributed by atoms with Crippen LogP contribution in [0, 0.1) is 24.0 Å². The topological polar surface area (TPSA) is 81.9 Å². The van der Waals surface area contributed by atoms with Gasteiger partial charge >= 0.3 is 6.09 Å². The number of ether oxygens (including phenoxy) is 2. The molecule has 1 amide bonds. The van der Waals surface area contributed by atoms with Gasteiger partial charge in [0.05, 0.1) is 11.3 Å². The highest BCUT2D eigenvalue weighted by atomic mass is 19.1. The molecule has 194 valence electrons. The van der Waals surface area contributed by atoms with Gasteiger partial charge in [-0.1, -0.05) is 19.9 Å². The molecule has 0 spiro atoms. The lowest BCUT2D eigenvalue weighted by molar-refractivity contribution is 0.0504. The van der Waals surface area contributed by atoms with Crippen LogP contribution in [0.15, 0.2) is 36.5 Å². The van der Waals surface area contributed by atoms with Gasteiger partial charge in [-0.15, -0.1) is 0 Å². The third kappa shape index (κ3) is 6.80. The Morgan fingerprint density at radius 1 is 1.06 bits per heavy atom. The summed E-state index contributed by atoms with van der Waals surface area (Å²) in [5.41, 5.74) is 0.221. The van der Waals surface area contributed by atoms with Gasteiger partial charge in [0.1, 0.15) is 29.5 Å². The lowest BCUT2D eigenvalue weighted by atomic mass is 9.86. The van der Waals surface area contributed by atoms with Crippen LogP contribution in [0.3, 0.4) is 0 Å². The van der Waals surface area contributed by atoms with E-state index in [-0.39, 0.29) is 29.8 Å². The van der Waals surface area contributed by atoms with Crippen LogP contribution in [0.5, 0.6) is 5.75 Å². The average molecular weight is 502 g/mol. The molecule has 0 saturated carbocycles. The second kappa shape index (κ2) is 10.6. The minimum absolute atomic E-state index is 0.109. The highest BCUT2D eigenvalue weighted by molar-refractivity contribution is 5.96. The van der Waals surface area contributed by atoms with E-state index in [9.17, 15) is 18.4 Å². The molecule has 0 bridgehead atoms. The fourth-order valence-corrected chi connectivity index (χ4v) is 3.71. The fourth-order valence-electron chi connectivity index (χ4n) is 3.71. The van der Waals surface area contributed by atoms with E-state index in [1.807, 2.05) is 13.8 Å². The first kappa shape index (κ1) is 27.1. The Kier molecular flexibility index (Phi) is 8.01. The molecule has 0 radical (unpaired) electrons. The molecule has 9 heteroatoms. The molecule has 36 heavy (non-hydrogen) atoms. The van der Waals surface area contributed by atoms with E-state index in [1.54, 1.807) is 50.4 Å². The Labute approximate surface area is 209 Å². The SMILES string of the molecule is Cc1nc2c(OCc3c(F)cccc3F)cccn2c1C(=O)CCC(C)(C)CNC(=O)OC(C)(C)C. The van der Waals surface area contributed by atoms with Crippen molar-refractivity contribution in [1.29, 1.82) is 0 Å². The summed E-state index contributed by atoms with van der Waals surface area (Å²) in [5, 5.41) is 2.76. The van der Waals surface area contributed by atoms with Crippen molar-refractivity contribution in [1.82, 2.24) is 14.7 Å². The zero-order valence-corrected chi connectivity index (χ0v) is 21.6. The predicted octanol–water partition coefficient (Wildman–Crippen LogP) is 6.01. The molecule has 3 aromatic rings. The first-order valence-electron chi connectivity index (χ1n) is 11.8. The van der Waals surface area contributed by atoms with Crippen LogP contribution in [-0.4, -0.2) is 33.4 Å². The summed E-state index contributed by atoms with van der Waals surface area (Å²) in [6.45, 7) is 11.1.